The van der Waals surface area contributed by atoms with Crippen molar-refractivity contribution >= 4 is 59.7 Å². The highest BCUT2D eigenvalue weighted by Crippen LogP contribution is 2.31. The molecule has 0 aliphatic heterocycles. The van der Waals surface area contributed by atoms with Crippen molar-refractivity contribution in [1.82, 2.24) is 15.6 Å². The number of pyridine rings is 1. The summed E-state index contributed by atoms with van der Waals surface area (Å²) in [6, 6.07) is 4.93. The SMILES string of the molecule is C=N/C=C(\C=NCCC(CC=O)(CCNC)C(=O)NC)C(=N)c1cc(OCc2c(Cl)cncc2Cl)ccc1N. The number of aldehydes is 1. The molecule has 1 unspecified atom stereocenters. The van der Waals surface area contributed by atoms with E-state index in [9.17, 15) is 9.59 Å². The summed E-state index contributed by atoms with van der Waals surface area (Å²) in [6.07, 6.45) is 7.49. The summed E-state index contributed by atoms with van der Waals surface area (Å²) in [7, 11) is 3.33. The summed E-state index contributed by atoms with van der Waals surface area (Å²) in [5.74, 6) is 0.236. The number of amides is 1. The van der Waals surface area contributed by atoms with Gasteiger partial charge in [-0.2, -0.15) is 0 Å². The van der Waals surface area contributed by atoms with E-state index in [1.807, 2.05) is 0 Å². The molecule has 0 saturated heterocycles. The van der Waals surface area contributed by atoms with Crippen LogP contribution in [0.4, 0.5) is 5.69 Å². The van der Waals surface area contributed by atoms with Gasteiger partial charge >= 0.3 is 0 Å². The second kappa shape index (κ2) is 15.7. The van der Waals surface area contributed by atoms with E-state index in [0.717, 1.165) is 6.29 Å². The first-order valence-corrected chi connectivity index (χ1v) is 12.8. The summed E-state index contributed by atoms with van der Waals surface area (Å²) in [5, 5.41) is 15.2. The third-order valence-electron chi connectivity index (χ3n) is 6.13. The zero-order chi connectivity index (χ0) is 28.8. The number of aliphatic imine (C=N–C) groups is 2. The monoisotopic (exact) mass is 573 g/mol. The normalized spacial score (nSPS) is 13.1. The number of carbonyl (C=O) groups excluding carboxylic acids is 2. The van der Waals surface area contributed by atoms with Gasteiger partial charge in [0.05, 0.1) is 21.2 Å². The number of nitrogens with two attached hydrogens (primary N) is 1. The van der Waals surface area contributed by atoms with E-state index in [0.29, 0.717) is 57.6 Å². The van der Waals surface area contributed by atoms with Gasteiger partial charge in [0.1, 0.15) is 18.6 Å². The summed E-state index contributed by atoms with van der Waals surface area (Å²) in [6.45, 7) is 4.40. The molecular weight excluding hydrogens is 541 g/mol. The molecule has 2 aromatic rings. The Hall–Kier alpha value is -3.60. The molecule has 1 aromatic carbocycles. The van der Waals surface area contributed by atoms with Gasteiger partial charge in [0.15, 0.2) is 0 Å². The predicted octanol–water partition coefficient (Wildman–Crippen LogP) is 3.89. The molecule has 0 saturated carbocycles. The number of hydrogen-bond acceptors (Lipinski definition) is 9. The van der Waals surface area contributed by atoms with Crippen LogP contribution in [0.15, 0.2) is 52.4 Å². The van der Waals surface area contributed by atoms with Crippen molar-refractivity contribution in [2.75, 3.05) is 32.9 Å². The van der Waals surface area contributed by atoms with Gasteiger partial charge in [0.25, 0.3) is 0 Å². The number of nitrogens with one attached hydrogen (secondary N) is 3. The van der Waals surface area contributed by atoms with Gasteiger partial charge in [-0.1, -0.05) is 23.2 Å². The zero-order valence-electron chi connectivity index (χ0n) is 22.0. The van der Waals surface area contributed by atoms with Gasteiger partial charge in [-0.15, -0.1) is 0 Å². The Bertz CT molecular complexity index is 1230. The fourth-order valence-corrected chi connectivity index (χ4v) is 4.34. The van der Waals surface area contributed by atoms with Gasteiger partial charge in [-0.05, 0) is 51.4 Å². The smallest absolute Gasteiger partial charge is 0.226 e. The summed E-state index contributed by atoms with van der Waals surface area (Å²) < 4.78 is 5.85. The fraction of sp³-hybridized carbons (Fsp3) is 0.333. The predicted molar refractivity (Wildman–Crippen MR) is 158 cm³/mol. The second-order valence-electron chi connectivity index (χ2n) is 8.63. The molecule has 0 fully saturated rings. The Balaban J connectivity index is 2.21. The molecule has 1 atom stereocenters. The Kier molecular flexibility index (Phi) is 12.7. The van der Waals surface area contributed by atoms with E-state index in [2.05, 4.69) is 32.3 Å². The minimum atomic E-state index is -0.887. The third kappa shape index (κ3) is 8.71. The first-order chi connectivity index (χ1) is 18.7. The third-order valence-corrected chi connectivity index (χ3v) is 6.79. The number of anilines is 1. The van der Waals surface area contributed by atoms with Crippen LogP contribution >= 0.6 is 23.2 Å². The van der Waals surface area contributed by atoms with Crippen molar-refractivity contribution in [2.24, 2.45) is 15.4 Å². The lowest BCUT2D eigenvalue weighted by molar-refractivity contribution is -0.133. The van der Waals surface area contributed by atoms with Crippen LogP contribution in [0.3, 0.4) is 0 Å². The van der Waals surface area contributed by atoms with Crippen molar-refractivity contribution < 1.29 is 14.3 Å². The lowest BCUT2D eigenvalue weighted by Gasteiger charge is -2.29. The van der Waals surface area contributed by atoms with Crippen LogP contribution < -0.4 is 21.1 Å². The largest absolute Gasteiger partial charge is 0.489 e. The minimum Gasteiger partial charge on any atom is -0.489 e. The van der Waals surface area contributed by atoms with E-state index < -0.39 is 5.41 Å². The Morgan fingerprint density at radius 2 is 1.97 bits per heavy atom. The van der Waals surface area contributed by atoms with Crippen molar-refractivity contribution in [3.05, 3.63) is 63.5 Å². The fourth-order valence-electron chi connectivity index (χ4n) is 3.87. The Morgan fingerprint density at radius 3 is 2.59 bits per heavy atom. The van der Waals surface area contributed by atoms with Crippen LogP contribution in [0.5, 0.6) is 5.75 Å². The number of nitrogens with zero attached hydrogens (tertiary/aromatic N) is 3. The van der Waals surface area contributed by atoms with Gasteiger partial charge in [0, 0.05) is 67.2 Å². The summed E-state index contributed by atoms with van der Waals surface area (Å²) >= 11 is 12.3. The van der Waals surface area contributed by atoms with Gasteiger partial charge in [-0.3, -0.25) is 25.2 Å². The first kappa shape index (κ1) is 31.6. The standard InChI is InChI=1S/C27H33Cl2N7O3/c1-32-9-6-27(8-11-37,26(38)34-3)7-10-35-14-18(13-33-2)25(31)20-12-19(4-5-24(20)30)39-17-21-22(28)15-36-16-23(21)29/h4-5,11-16,31-32H,2,6-10,17,30H2,1,3H3,(H,34,38)/b18-13+,31-25?,35-14?. The first-order valence-electron chi connectivity index (χ1n) is 12.1. The van der Waals surface area contributed by atoms with Gasteiger partial charge < -0.3 is 25.9 Å². The highest BCUT2D eigenvalue weighted by atomic mass is 35.5. The van der Waals surface area contributed by atoms with Crippen molar-refractivity contribution in [1.29, 1.82) is 5.41 Å². The number of hydrogen-bond donors (Lipinski definition) is 4. The lowest BCUT2D eigenvalue weighted by Crippen LogP contribution is -2.42. The number of halogens is 2. The molecule has 2 rings (SSSR count). The molecular formula is C27H33Cl2N7O3. The number of ether oxygens (including phenoxy) is 1. The van der Waals surface area contributed by atoms with E-state index in [-0.39, 0.29) is 31.2 Å². The molecule has 1 amide bonds. The maximum Gasteiger partial charge on any atom is 0.226 e. The highest BCUT2D eigenvalue weighted by Gasteiger charge is 2.36. The van der Waals surface area contributed by atoms with Crippen LogP contribution in [0, 0.1) is 10.8 Å². The summed E-state index contributed by atoms with van der Waals surface area (Å²) in [4.78, 5) is 36.2. The van der Waals surface area contributed by atoms with Crippen LogP contribution in [0.2, 0.25) is 10.0 Å². The molecule has 0 radical (unpaired) electrons. The minimum absolute atomic E-state index is 0.0507. The lowest BCUT2D eigenvalue weighted by atomic mass is 9.77. The number of nitrogen functional groups attached to an aromatic ring is 1. The number of benzene rings is 1. The Morgan fingerprint density at radius 1 is 1.26 bits per heavy atom. The topological polar surface area (TPSA) is 155 Å². The molecule has 0 aliphatic carbocycles. The number of allylic oxidation sites excluding steroid dienone is 1. The molecule has 1 aromatic heterocycles. The Labute approximate surface area is 238 Å². The molecule has 0 aliphatic rings. The molecule has 39 heavy (non-hydrogen) atoms. The molecule has 0 bridgehead atoms. The molecule has 208 valence electrons. The molecule has 1 heterocycles. The van der Waals surface area contributed by atoms with E-state index in [1.165, 1.54) is 24.8 Å². The van der Waals surface area contributed by atoms with E-state index >= 15 is 0 Å². The zero-order valence-corrected chi connectivity index (χ0v) is 23.5. The second-order valence-corrected chi connectivity index (χ2v) is 9.44. The molecule has 12 heteroatoms. The van der Waals surface area contributed by atoms with Crippen LogP contribution in [0.1, 0.15) is 30.4 Å². The average Bonchev–Trinajstić information content (AvgIpc) is 2.93. The van der Waals surface area contributed by atoms with Crippen molar-refractivity contribution in [3.63, 3.8) is 0 Å². The van der Waals surface area contributed by atoms with Crippen molar-refractivity contribution in [3.8, 4) is 5.75 Å². The number of carbonyl (C=O) groups is 2. The van der Waals surface area contributed by atoms with Gasteiger partial charge in [-0.25, -0.2) is 0 Å². The van der Waals surface area contributed by atoms with Crippen LogP contribution in [0.25, 0.3) is 0 Å². The summed E-state index contributed by atoms with van der Waals surface area (Å²) in [5.41, 5.74) is 7.03. The van der Waals surface area contributed by atoms with Crippen LogP contribution in [-0.2, 0) is 16.2 Å². The number of rotatable bonds is 16. The molecule has 0 spiro atoms. The van der Waals surface area contributed by atoms with Crippen molar-refractivity contribution in [2.45, 2.75) is 25.9 Å². The maximum atomic E-state index is 12.6. The number of aromatic nitrogens is 1. The quantitative estimate of drug-likeness (QED) is 0.135. The molecule has 10 nitrogen and oxygen atoms in total. The molecule has 5 N–H and O–H groups in total. The average molecular weight is 575 g/mol. The van der Waals surface area contributed by atoms with Gasteiger partial charge in [0.2, 0.25) is 5.91 Å². The van der Waals surface area contributed by atoms with E-state index in [4.69, 9.17) is 39.1 Å². The van der Waals surface area contributed by atoms with Crippen LogP contribution in [-0.4, -0.2) is 63.0 Å². The highest BCUT2D eigenvalue weighted by molar-refractivity contribution is 6.35. The van der Waals surface area contributed by atoms with E-state index in [1.54, 1.807) is 32.3 Å². The maximum absolute atomic E-state index is 12.6.